The first-order valence-corrected chi connectivity index (χ1v) is 8.90. The Labute approximate surface area is 154 Å². The summed E-state index contributed by atoms with van der Waals surface area (Å²) >= 11 is 0. The quantitative estimate of drug-likeness (QED) is 0.509. The first-order chi connectivity index (χ1) is 12.7. The van der Waals surface area contributed by atoms with Crippen molar-refractivity contribution in [2.24, 2.45) is 11.8 Å². The van der Waals surface area contributed by atoms with Gasteiger partial charge in [-0.15, -0.1) is 12.3 Å². The van der Waals surface area contributed by atoms with Crippen molar-refractivity contribution in [1.29, 1.82) is 0 Å². The monoisotopic (exact) mass is 362 g/mol. The lowest BCUT2D eigenvalue weighted by Crippen LogP contribution is -2.68. The molecule has 3 rings (SSSR count). The van der Waals surface area contributed by atoms with Crippen LogP contribution >= 0.6 is 0 Å². The molecule has 6 nitrogen and oxygen atoms in total. The Kier molecular flexibility index (Phi) is 6.30. The third kappa shape index (κ3) is 3.39. The summed E-state index contributed by atoms with van der Waals surface area (Å²) in [6.07, 6.45) is 4.65. The van der Waals surface area contributed by atoms with Crippen LogP contribution in [0.2, 0.25) is 0 Å². The molecule has 2 fully saturated rings. The van der Waals surface area contributed by atoms with Crippen LogP contribution in [-0.2, 0) is 25.6 Å². The molecule has 2 aliphatic rings. The number of fused-ring (bicyclic) bond motifs is 1. The number of aliphatic hydroxyl groups excluding tert-OH is 2. The maximum Gasteiger partial charge on any atom is 0.187 e. The van der Waals surface area contributed by atoms with Crippen molar-refractivity contribution >= 4 is 0 Å². The van der Waals surface area contributed by atoms with Gasteiger partial charge in [-0.3, -0.25) is 0 Å². The van der Waals surface area contributed by atoms with Crippen LogP contribution in [0.25, 0.3) is 0 Å². The van der Waals surface area contributed by atoms with Gasteiger partial charge in [0.15, 0.2) is 12.1 Å². The average molecular weight is 362 g/mol. The summed E-state index contributed by atoms with van der Waals surface area (Å²) in [7, 11) is 1.55. The summed E-state index contributed by atoms with van der Waals surface area (Å²) in [6, 6.07) is 9.69. The largest absolute Gasteiger partial charge is 0.396 e. The highest BCUT2D eigenvalue weighted by molar-refractivity contribution is 5.16. The van der Waals surface area contributed by atoms with E-state index in [2.05, 4.69) is 5.92 Å². The molecular formula is C20H26O6. The topological polar surface area (TPSA) is 77.4 Å². The zero-order valence-corrected chi connectivity index (χ0v) is 14.9. The number of terminal acetylenes is 1. The third-order valence-electron chi connectivity index (χ3n) is 5.21. The molecule has 6 unspecified atom stereocenters. The second kappa shape index (κ2) is 8.49. The van der Waals surface area contributed by atoms with E-state index in [1.165, 1.54) is 0 Å². The predicted octanol–water partition coefficient (Wildman–Crippen LogP) is 1.30. The minimum atomic E-state index is -1.12. The SMILES string of the molecule is C#CCCCOC1OC2(OCc3ccccc3)C(CO)C(O)C2C1OC. The van der Waals surface area contributed by atoms with Crippen LogP contribution in [0.1, 0.15) is 18.4 Å². The summed E-state index contributed by atoms with van der Waals surface area (Å²) in [5, 5.41) is 20.2. The minimum absolute atomic E-state index is 0.243. The van der Waals surface area contributed by atoms with Crippen LogP contribution in [0.4, 0.5) is 0 Å². The molecule has 26 heavy (non-hydrogen) atoms. The number of hydrogen-bond donors (Lipinski definition) is 2. The van der Waals surface area contributed by atoms with Gasteiger partial charge in [-0.05, 0) is 12.0 Å². The van der Waals surface area contributed by atoms with Crippen LogP contribution in [0, 0.1) is 24.2 Å². The fraction of sp³-hybridized carbons (Fsp3) is 0.600. The summed E-state index contributed by atoms with van der Waals surface area (Å²) in [4.78, 5) is 0. The van der Waals surface area contributed by atoms with Crippen LogP contribution in [0.15, 0.2) is 30.3 Å². The highest BCUT2D eigenvalue weighted by Gasteiger charge is 2.73. The average Bonchev–Trinajstić information content (AvgIpc) is 2.94. The first kappa shape index (κ1) is 19.3. The fourth-order valence-corrected chi connectivity index (χ4v) is 3.87. The van der Waals surface area contributed by atoms with Gasteiger partial charge in [-0.2, -0.15) is 0 Å². The Bertz CT molecular complexity index is 614. The fourth-order valence-electron chi connectivity index (χ4n) is 3.87. The van der Waals surface area contributed by atoms with Gasteiger partial charge in [0, 0.05) is 13.5 Å². The van der Waals surface area contributed by atoms with E-state index in [0.29, 0.717) is 26.1 Å². The van der Waals surface area contributed by atoms with Crippen molar-refractivity contribution in [3.63, 3.8) is 0 Å². The van der Waals surface area contributed by atoms with Crippen molar-refractivity contribution in [1.82, 2.24) is 0 Å². The zero-order chi connectivity index (χ0) is 18.6. The Morgan fingerprint density at radius 2 is 2.08 bits per heavy atom. The normalized spacial score (nSPS) is 35.5. The highest BCUT2D eigenvalue weighted by Crippen LogP contribution is 2.56. The van der Waals surface area contributed by atoms with Gasteiger partial charge < -0.3 is 29.2 Å². The van der Waals surface area contributed by atoms with E-state index in [1.54, 1.807) is 7.11 Å². The molecule has 1 aliphatic carbocycles. The number of aliphatic hydroxyl groups is 2. The lowest BCUT2D eigenvalue weighted by molar-refractivity contribution is -0.376. The summed E-state index contributed by atoms with van der Waals surface area (Å²) in [6.45, 7) is 0.490. The first-order valence-electron chi connectivity index (χ1n) is 8.90. The zero-order valence-electron chi connectivity index (χ0n) is 14.9. The van der Waals surface area contributed by atoms with Crippen LogP contribution < -0.4 is 0 Å². The molecule has 142 valence electrons. The number of hydrogen-bond acceptors (Lipinski definition) is 6. The third-order valence-corrected chi connectivity index (χ3v) is 5.21. The smallest absolute Gasteiger partial charge is 0.187 e. The Balaban J connectivity index is 1.72. The van der Waals surface area contributed by atoms with Gasteiger partial charge in [0.2, 0.25) is 0 Å². The second-order valence-corrected chi connectivity index (χ2v) is 6.67. The molecule has 1 saturated carbocycles. The lowest BCUT2D eigenvalue weighted by Gasteiger charge is -2.53. The van der Waals surface area contributed by atoms with E-state index < -0.39 is 36.1 Å². The molecule has 1 aromatic rings. The molecule has 6 heteroatoms. The minimum Gasteiger partial charge on any atom is -0.396 e. The lowest BCUT2D eigenvalue weighted by atomic mass is 9.64. The molecule has 0 spiro atoms. The standard InChI is InChI=1S/C20H26O6/c1-3-4-8-11-24-19-18(23-2)16-17(22)15(12-21)20(16,26-19)25-13-14-9-6-5-7-10-14/h1,5-7,9-10,15-19,21-22H,4,8,11-13H2,2H3. The van der Waals surface area contributed by atoms with Crippen molar-refractivity contribution in [2.45, 2.75) is 43.7 Å². The molecule has 1 saturated heterocycles. The van der Waals surface area contributed by atoms with Crippen LogP contribution in [0.3, 0.4) is 0 Å². The van der Waals surface area contributed by atoms with Gasteiger partial charge >= 0.3 is 0 Å². The molecule has 0 aromatic heterocycles. The van der Waals surface area contributed by atoms with Crippen LogP contribution in [0.5, 0.6) is 0 Å². The van der Waals surface area contributed by atoms with E-state index in [1.807, 2.05) is 30.3 Å². The molecule has 0 bridgehead atoms. The number of methoxy groups -OCH3 is 1. The number of rotatable bonds is 9. The van der Waals surface area contributed by atoms with E-state index in [9.17, 15) is 10.2 Å². The molecule has 1 aliphatic heterocycles. The summed E-state index contributed by atoms with van der Waals surface area (Å²) < 4.78 is 23.5. The Morgan fingerprint density at radius 1 is 1.31 bits per heavy atom. The molecule has 6 atom stereocenters. The summed E-state index contributed by atoms with van der Waals surface area (Å²) in [5.41, 5.74) is 0.981. The van der Waals surface area contributed by atoms with Crippen molar-refractivity contribution < 1.29 is 29.2 Å². The maximum atomic E-state index is 10.5. The predicted molar refractivity (Wildman–Crippen MR) is 93.7 cm³/mol. The van der Waals surface area contributed by atoms with E-state index in [-0.39, 0.29) is 6.61 Å². The van der Waals surface area contributed by atoms with Gasteiger partial charge in [-0.25, -0.2) is 0 Å². The molecular weight excluding hydrogens is 336 g/mol. The molecule has 1 heterocycles. The van der Waals surface area contributed by atoms with Gasteiger partial charge in [0.25, 0.3) is 0 Å². The van der Waals surface area contributed by atoms with Gasteiger partial charge in [0.1, 0.15) is 6.10 Å². The van der Waals surface area contributed by atoms with E-state index >= 15 is 0 Å². The number of benzene rings is 1. The number of ether oxygens (including phenoxy) is 4. The van der Waals surface area contributed by atoms with Crippen LogP contribution in [-0.4, -0.2) is 54.8 Å². The van der Waals surface area contributed by atoms with Gasteiger partial charge in [0.05, 0.1) is 37.8 Å². The van der Waals surface area contributed by atoms with E-state index in [0.717, 1.165) is 5.56 Å². The molecule has 2 N–H and O–H groups in total. The van der Waals surface area contributed by atoms with E-state index in [4.69, 9.17) is 25.4 Å². The maximum absolute atomic E-state index is 10.5. The second-order valence-electron chi connectivity index (χ2n) is 6.67. The van der Waals surface area contributed by atoms with Gasteiger partial charge in [-0.1, -0.05) is 30.3 Å². The van der Waals surface area contributed by atoms with Crippen molar-refractivity contribution in [2.75, 3.05) is 20.3 Å². The Morgan fingerprint density at radius 3 is 2.73 bits per heavy atom. The summed E-state index contributed by atoms with van der Waals surface area (Å²) in [5.74, 6) is 0.471. The van der Waals surface area contributed by atoms with Crippen molar-refractivity contribution in [3.05, 3.63) is 35.9 Å². The number of unbranched alkanes of at least 4 members (excludes halogenated alkanes) is 1. The molecule has 0 radical (unpaired) electrons. The molecule has 1 aromatic carbocycles. The highest BCUT2D eigenvalue weighted by atomic mass is 16.8. The molecule has 0 amide bonds. The van der Waals surface area contributed by atoms with Crippen molar-refractivity contribution in [3.8, 4) is 12.3 Å². The Hall–Kier alpha value is -1.46.